The molecule has 72 valence electrons. The van der Waals surface area contributed by atoms with E-state index in [9.17, 15) is 0 Å². The van der Waals surface area contributed by atoms with Crippen molar-refractivity contribution in [3.63, 3.8) is 0 Å². The third-order valence-corrected chi connectivity index (χ3v) is 2.29. The molecule has 1 aliphatic rings. The minimum Gasteiger partial charge on any atom is -0.0885 e. The van der Waals surface area contributed by atoms with E-state index in [1.54, 1.807) is 0 Å². The predicted molar refractivity (Wildman–Crippen MR) is 59.7 cm³/mol. The highest BCUT2D eigenvalue weighted by atomic mass is 13.9. The second kappa shape index (κ2) is 7.85. The third-order valence-electron chi connectivity index (χ3n) is 2.29. The molecule has 0 fully saturated rings. The summed E-state index contributed by atoms with van der Waals surface area (Å²) in [6.07, 6.45) is 22.5. The van der Waals surface area contributed by atoms with Gasteiger partial charge in [-0.2, -0.15) is 0 Å². The first-order chi connectivity index (χ1) is 6.50. The Balaban J connectivity index is 2.28. The van der Waals surface area contributed by atoms with Gasteiger partial charge >= 0.3 is 0 Å². The zero-order valence-corrected chi connectivity index (χ0v) is 8.41. The molecule has 0 N–H and O–H groups in total. The lowest BCUT2D eigenvalue weighted by Gasteiger charge is -1.94. The van der Waals surface area contributed by atoms with Crippen LogP contribution in [0.4, 0.5) is 0 Å². The maximum atomic E-state index is 2.33. The second-order valence-corrected chi connectivity index (χ2v) is 3.54. The molecule has 0 nitrogen and oxygen atoms in total. The van der Waals surface area contributed by atoms with Gasteiger partial charge in [-0.25, -0.2) is 0 Å². The topological polar surface area (TPSA) is 0 Å². The summed E-state index contributed by atoms with van der Waals surface area (Å²) < 4.78 is 0. The van der Waals surface area contributed by atoms with Gasteiger partial charge in [-0.3, -0.25) is 0 Å². The molecule has 0 heterocycles. The zero-order valence-electron chi connectivity index (χ0n) is 8.41. The largest absolute Gasteiger partial charge is 0.0885 e. The smallest absolute Gasteiger partial charge is 0.0313 e. The van der Waals surface area contributed by atoms with E-state index in [0.29, 0.717) is 0 Å². The third kappa shape index (κ3) is 6.39. The van der Waals surface area contributed by atoms with E-state index in [0.717, 1.165) is 0 Å². The highest BCUT2D eigenvalue weighted by Crippen LogP contribution is 2.06. The van der Waals surface area contributed by atoms with Gasteiger partial charge in [0.1, 0.15) is 0 Å². The lowest BCUT2D eigenvalue weighted by molar-refractivity contribution is 0.695. The highest BCUT2D eigenvalue weighted by Gasteiger charge is 1.86. The Morgan fingerprint density at radius 3 is 1.85 bits per heavy atom. The first-order valence-electron chi connectivity index (χ1n) is 5.47. The Labute approximate surface area is 82.0 Å². The normalized spacial score (nSPS) is 27.7. The molecule has 0 aromatic carbocycles. The van der Waals surface area contributed by atoms with Gasteiger partial charge in [-0.05, 0) is 38.5 Å². The highest BCUT2D eigenvalue weighted by molar-refractivity contribution is 5.03. The lowest BCUT2D eigenvalue weighted by Crippen LogP contribution is -1.74. The zero-order chi connectivity index (χ0) is 9.19. The predicted octanol–water partition coefficient (Wildman–Crippen LogP) is 4.40. The molecule has 0 bridgehead atoms. The molecular weight excluding hydrogens is 156 g/mol. The summed E-state index contributed by atoms with van der Waals surface area (Å²) in [5.41, 5.74) is 0. The van der Waals surface area contributed by atoms with Crippen LogP contribution in [0.15, 0.2) is 36.5 Å². The van der Waals surface area contributed by atoms with Gasteiger partial charge in [0.05, 0.1) is 0 Å². The van der Waals surface area contributed by atoms with Crippen LogP contribution < -0.4 is 0 Å². The Morgan fingerprint density at radius 1 is 0.462 bits per heavy atom. The fourth-order valence-electron chi connectivity index (χ4n) is 1.48. The van der Waals surface area contributed by atoms with Crippen LogP contribution in [-0.4, -0.2) is 0 Å². The average molecular weight is 176 g/mol. The van der Waals surface area contributed by atoms with Crippen molar-refractivity contribution in [3.05, 3.63) is 36.5 Å². The van der Waals surface area contributed by atoms with E-state index < -0.39 is 0 Å². The number of hydrogen-bond acceptors (Lipinski definition) is 0. The summed E-state index contributed by atoms with van der Waals surface area (Å²) >= 11 is 0. The van der Waals surface area contributed by atoms with Gasteiger partial charge in [0, 0.05) is 0 Å². The molecule has 0 aromatic heterocycles. The molecule has 0 spiro atoms. The van der Waals surface area contributed by atoms with Gasteiger partial charge < -0.3 is 0 Å². The van der Waals surface area contributed by atoms with Crippen molar-refractivity contribution in [2.24, 2.45) is 0 Å². The first kappa shape index (κ1) is 10.3. The van der Waals surface area contributed by atoms with Gasteiger partial charge in [0.25, 0.3) is 0 Å². The Bertz CT molecular complexity index is 184. The molecule has 0 aliphatic heterocycles. The lowest BCUT2D eigenvalue weighted by atomic mass is 10.1. The quantitative estimate of drug-likeness (QED) is 0.480. The van der Waals surface area contributed by atoms with Crippen molar-refractivity contribution >= 4 is 0 Å². The van der Waals surface area contributed by atoms with Gasteiger partial charge in [-0.1, -0.05) is 42.9 Å². The molecule has 0 saturated carbocycles. The summed E-state index contributed by atoms with van der Waals surface area (Å²) in [4.78, 5) is 0. The summed E-state index contributed by atoms with van der Waals surface area (Å²) in [6.45, 7) is 0. The number of rotatable bonds is 0. The fourth-order valence-corrected chi connectivity index (χ4v) is 1.48. The summed E-state index contributed by atoms with van der Waals surface area (Å²) in [5, 5.41) is 0. The minimum atomic E-state index is 1.18. The fraction of sp³-hybridized carbons (Fsp3) is 0.538. The van der Waals surface area contributed by atoms with E-state index in [2.05, 4.69) is 36.5 Å². The van der Waals surface area contributed by atoms with Crippen LogP contribution in [0.3, 0.4) is 0 Å². The molecule has 0 amide bonds. The van der Waals surface area contributed by atoms with E-state index in [1.807, 2.05) is 0 Å². The molecule has 0 atom stereocenters. The van der Waals surface area contributed by atoms with E-state index in [-0.39, 0.29) is 0 Å². The van der Waals surface area contributed by atoms with E-state index in [1.165, 1.54) is 44.9 Å². The standard InChI is InChI=1S/C13H20/c1-2-4-6-8-10-12-13-11-9-7-5-3-1/h1-4,9,11H,5-8,10,12-13H2/b3-1-,4-2-,11-9-. The van der Waals surface area contributed by atoms with Crippen LogP contribution in [0.2, 0.25) is 0 Å². The molecule has 0 radical (unpaired) electrons. The van der Waals surface area contributed by atoms with Crippen molar-refractivity contribution in [1.29, 1.82) is 0 Å². The minimum absolute atomic E-state index is 1.18. The SMILES string of the molecule is C1=C\CC/C=C\CCCCC\C=C/1. The van der Waals surface area contributed by atoms with E-state index in [4.69, 9.17) is 0 Å². The first-order valence-corrected chi connectivity index (χ1v) is 5.47. The van der Waals surface area contributed by atoms with Crippen LogP contribution in [0.5, 0.6) is 0 Å². The Hall–Kier alpha value is -0.780. The number of hydrogen-bond donors (Lipinski definition) is 0. The van der Waals surface area contributed by atoms with Crippen molar-refractivity contribution in [3.8, 4) is 0 Å². The van der Waals surface area contributed by atoms with E-state index >= 15 is 0 Å². The van der Waals surface area contributed by atoms with Gasteiger partial charge in [-0.15, -0.1) is 0 Å². The Kier molecular flexibility index (Phi) is 6.22. The molecule has 0 aromatic rings. The van der Waals surface area contributed by atoms with Crippen molar-refractivity contribution in [2.45, 2.75) is 44.9 Å². The van der Waals surface area contributed by atoms with Gasteiger partial charge in [0.15, 0.2) is 0 Å². The molecule has 0 unspecified atom stereocenters. The molecule has 0 saturated heterocycles. The van der Waals surface area contributed by atoms with Gasteiger partial charge in [0.2, 0.25) is 0 Å². The average Bonchev–Trinajstić information content (AvgIpc) is 2.18. The van der Waals surface area contributed by atoms with Crippen molar-refractivity contribution < 1.29 is 0 Å². The maximum absolute atomic E-state index is 2.33. The monoisotopic (exact) mass is 176 g/mol. The molecule has 1 aliphatic carbocycles. The van der Waals surface area contributed by atoms with Crippen LogP contribution >= 0.6 is 0 Å². The summed E-state index contributed by atoms with van der Waals surface area (Å²) in [6, 6.07) is 0. The molecular formula is C13H20. The second-order valence-electron chi connectivity index (χ2n) is 3.54. The van der Waals surface area contributed by atoms with Crippen molar-refractivity contribution in [1.82, 2.24) is 0 Å². The summed E-state index contributed by atoms with van der Waals surface area (Å²) in [5.74, 6) is 0. The maximum Gasteiger partial charge on any atom is -0.0313 e. The van der Waals surface area contributed by atoms with Crippen LogP contribution in [-0.2, 0) is 0 Å². The van der Waals surface area contributed by atoms with Crippen LogP contribution in [0, 0.1) is 0 Å². The van der Waals surface area contributed by atoms with Crippen molar-refractivity contribution in [2.75, 3.05) is 0 Å². The van der Waals surface area contributed by atoms with Crippen LogP contribution in [0.1, 0.15) is 44.9 Å². The number of allylic oxidation sites excluding steroid dienone is 6. The van der Waals surface area contributed by atoms with Crippen LogP contribution in [0.25, 0.3) is 0 Å². The molecule has 0 heteroatoms. The summed E-state index contributed by atoms with van der Waals surface area (Å²) in [7, 11) is 0. The molecule has 13 heavy (non-hydrogen) atoms. The molecule has 1 rings (SSSR count). The Morgan fingerprint density at radius 2 is 1.00 bits per heavy atom.